The minimum atomic E-state index is -4.37. The van der Waals surface area contributed by atoms with Gasteiger partial charge >= 0.3 is 6.18 Å². The molecular weight excluding hydrogens is 195 g/mol. The second-order valence-electron chi connectivity index (χ2n) is 3.53. The highest BCUT2D eigenvalue weighted by Gasteiger charge is 2.38. The number of aryl methyl sites for hydroxylation is 1. The Morgan fingerprint density at radius 2 is 2.14 bits per heavy atom. The summed E-state index contributed by atoms with van der Waals surface area (Å²) in [4.78, 5) is 0. The molecule has 0 spiro atoms. The summed E-state index contributed by atoms with van der Waals surface area (Å²) in [5, 5.41) is 5.73. The van der Waals surface area contributed by atoms with Gasteiger partial charge in [0.15, 0.2) is 5.69 Å². The average Bonchev–Trinajstić information content (AvgIpc) is 2.45. The summed E-state index contributed by atoms with van der Waals surface area (Å²) in [6.07, 6.45) is -2.84. The van der Waals surface area contributed by atoms with Crippen LogP contribution in [-0.2, 0) is 19.0 Å². The van der Waals surface area contributed by atoms with E-state index in [0.29, 0.717) is 18.5 Å². The highest BCUT2D eigenvalue weighted by atomic mass is 19.4. The van der Waals surface area contributed by atoms with Gasteiger partial charge in [-0.05, 0) is 19.3 Å². The monoisotopic (exact) mass is 205 g/mol. The fourth-order valence-electron chi connectivity index (χ4n) is 1.76. The predicted octanol–water partition coefficient (Wildman–Crippen LogP) is 1.24. The molecule has 0 fully saturated rings. The molecule has 0 saturated carbocycles. The van der Waals surface area contributed by atoms with Crippen molar-refractivity contribution in [2.75, 3.05) is 0 Å². The quantitative estimate of drug-likeness (QED) is 0.669. The maximum Gasteiger partial charge on any atom is 0.435 e. The first kappa shape index (κ1) is 9.51. The lowest BCUT2D eigenvalue weighted by atomic mass is 9.92. The van der Waals surface area contributed by atoms with E-state index in [2.05, 4.69) is 10.2 Å². The van der Waals surface area contributed by atoms with E-state index in [1.54, 1.807) is 0 Å². The van der Waals surface area contributed by atoms with Crippen molar-refractivity contribution in [2.45, 2.75) is 31.5 Å². The van der Waals surface area contributed by atoms with Gasteiger partial charge in [0.1, 0.15) is 0 Å². The van der Waals surface area contributed by atoms with Crippen LogP contribution >= 0.6 is 0 Å². The van der Waals surface area contributed by atoms with Crippen LogP contribution in [0.4, 0.5) is 13.2 Å². The Morgan fingerprint density at radius 3 is 2.79 bits per heavy atom. The zero-order valence-electron chi connectivity index (χ0n) is 7.36. The molecule has 1 aromatic heterocycles. The molecule has 0 amide bonds. The Kier molecular flexibility index (Phi) is 2.02. The van der Waals surface area contributed by atoms with Gasteiger partial charge in [-0.2, -0.15) is 18.3 Å². The second-order valence-corrected chi connectivity index (χ2v) is 3.53. The molecule has 1 heterocycles. The first-order valence-corrected chi connectivity index (χ1v) is 4.37. The molecule has 1 aliphatic rings. The standard InChI is InChI=1S/C8H10F3N3/c9-8(10,11)7-5-3-4(12)1-2-6(5)13-14-7/h4H,1-3,12H2,(H,13,14). The summed E-state index contributed by atoms with van der Waals surface area (Å²) in [7, 11) is 0. The minimum Gasteiger partial charge on any atom is -0.327 e. The molecule has 6 heteroatoms. The summed E-state index contributed by atoms with van der Waals surface area (Å²) in [5.74, 6) is 0. The summed E-state index contributed by atoms with van der Waals surface area (Å²) in [5.41, 5.74) is 5.64. The van der Waals surface area contributed by atoms with Gasteiger partial charge < -0.3 is 5.73 Å². The highest BCUT2D eigenvalue weighted by molar-refractivity contribution is 5.30. The SMILES string of the molecule is NC1CCc2[nH]nc(C(F)(F)F)c2C1. The van der Waals surface area contributed by atoms with Crippen LogP contribution < -0.4 is 5.73 Å². The molecule has 2 rings (SSSR count). The number of aromatic nitrogens is 2. The molecule has 0 radical (unpaired) electrons. The first-order chi connectivity index (χ1) is 6.48. The number of hydrogen-bond acceptors (Lipinski definition) is 2. The predicted molar refractivity (Wildman–Crippen MR) is 43.6 cm³/mol. The molecule has 0 bridgehead atoms. The fourth-order valence-corrected chi connectivity index (χ4v) is 1.76. The molecule has 1 aromatic rings. The van der Waals surface area contributed by atoms with Crippen LogP contribution in [-0.4, -0.2) is 16.2 Å². The smallest absolute Gasteiger partial charge is 0.327 e. The summed E-state index contributed by atoms with van der Waals surface area (Å²) in [6.45, 7) is 0. The molecule has 78 valence electrons. The van der Waals surface area contributed by atoms with Crippen LogP contribution in [0.25, 0.3) is 0 Å². The van der Waals surface area contributed by atoms with Gasteiger partial charge in [0, 0.05) is 17.3 Å². The van der Waals surface area contributed by atoms with Crippen molar-refractivity contribution in [2.24, 2.45) is 5.73 Å². The summed E-state index contributed by atoms with van der Waals surface area (Å²) in [6, 6.07) is -0.179. The second kappa shape index (κ2) is 2.98. The Morgan fingerprint density at radius 1 is 1.43 bits per heavy atom. The van der Waals surface area contributed by atoms with Crippen LogP contribution in [0, 0.1) is 0 Å². The van der Waals surface area contributed by atoms with E-state index in [1.807, 2.05) is 0 Å². The molecule has 0 saturated heterocycles. The number of H-pyrrole nitrogens is 1. The summed E-state index contributed by atoms with van der Waals surface area (Å²) < 4.78 is 37.2. The van der Waals surface area contributed by atoms with Crippen LogP contribution in [0.2, 0.25) is 0 Å². The normalized spacial score (nSPS) is 22.1. The van der Waals surface area contributed by atoms with Gasteiger partial charge in [0.05, 0.1) is 0 Å². The number of hydrogen-bond donors (Lipinski definition) is 2. The number of alkyl halides is 3. The molecule has 0 aromatic carbocycles. The van der Waals surface area contributed by atoms with Crippen molar-refractivity contribution in [3.8, 4) is 0 Å². The molecule has 1 atom stereocenters. The van der Waals surface area contributed by atoms with Gasteiger partial charge in [-0.1, -0.05) is 0 Å². The number of nitrogens with two attached hydrogens (primary N) is 1. The van der Waals surface area contributed by atoms with Crippen LogP contribution in [0.3, 0.4) is 0 Å². The van der Waals surface area contributed by atoms with Crippen LogP contribution in [0.5, 0.6) is 0 Å². The molecular formula is C8H10F3N3. The van der Waals surface area contributed by atoms with Gasteiger partial charge in [0.25, 0.3) is 0 Å². The lowest BCUT2D eigenvalue weighted by Crippen LogP contribution is -2.28. The van der Waals surface area contributed by atoms with Gasteiger partial charge in [0.2, 0.25) is 0 Å². The van der Waals surface area contributed by atoms with Crippen molar-refractivity contribution in [1.29, 1.82) is 0 Å². The Hall–Kier alpha value is -1.04. The van der Waals surface area contributed by atoms with Crippen LogP contribution in [0.15, 0.2) is 0 Å². The van der Waals surface area contributed by atoms with Crippen molar-refractivity contribution in [3.63, 3.8) is 0 Å². The number of aromatic amines is 1. The van der Waals surface area contributed by atoms with E-state index in [-0.39, 0.29) is 18.0 Å². The third kappa shape index (κ3) is 1.50. The van der Waals surface area contributed by atoms with E-state index in [1.165, 1.54) is 0 Å². The number of rotatable bonds is 0. The Balaban J connectivity index is 2.41. The average molecular weight is 205 g/mol. The van der Waals surface area contributed by atoms with E-state index >= 15 is 0 Å². The molecule has 3 N–H and O–H groups in total. The van der Waals surface area contributed by atoms with E-state index < -0.39 is 11.9 Å². The number of fused-ring (bicyclic) bond motifs is 1. The zero-order chi connectivity index (χ0) is 10.3. The third-order valence-corrected chi connectivity index (χ3v) is 2.45. The van der Waals surface area contributed by atoms with Gasteiger partial charge in [-0.3, -0.25) is 5.10 Å². The Bertz CT molecular complexity index is 342. The van der Waals surface area contributed by atoms with Crippen molar-refractivity contribution >= 4 is 0 Å². The maximum absolute atomic E-state index is 12.4. The zero-order valence-corrected chi connectivity index (χ0v) is 7.36. The third-order valence-electron chi connectivity index (χ3n) is 2.45. The topological polar surface area (TPSA) is 54.7 Å². The Labute approximate surface area is 78.5 Å². The van der Waals surface area contributed by atoms with E-state index in [0.717, 1.165) is 0 Å². The summed E-state index contributed by atoms with van der Waals surface area (Å²) >= 11 is 0. The van der Waals surface area contributed by atoms with Crippen molar-refractivity contribution in [1.82, 2.24) is 10.2 Å². The number of nitrogens with one attached hydrogen (secondary N) is 1. The van der Waals surface area contributed by atoms with E-state index in [4.69, 9.17) is 5.73 Å². The van der Waals surface area contributed by atoms with E-state index in [9.17, 15) is 13.2 Å². The molecule has 14 heavy (non-hydrogen) atoms. The molecule has 1 aliphatic carbocycles. The minimum absolute atomic E-state index is 0.179. The highest BCUT2D eigenvalue weighted by Crippen LogP contribution is 2.34. The van der Waals surface area contributed by atoms with Crippen molar-refractivity contribution in [3.05, 3.63) is 17.0 Å². The number of halogens is 3. The molecule has 1 unspecified atom stereocenters. The van der Waals surface area contributed by atoms with Crippen LogP contribution in [0.1, 0.15) is 23.4 Å². The van der Waals surface area contributed by atoms with Gasteiger partial charge in [-0.15, -0.1) is 0 Å². The van der Waals surface area contributed by atoms with Gasteiger partial charge in [-0.25, -0.2) is 0 Å². The lowest BCUT2D eigenvalue weighted by Gasteiger charge is -2.18. The number of nitrogens with zero attached hydrogens (tertiary/aromatic N) is 1. The first-order valence-electron chi connectivity index (χ1n) is 4.37. The fraction of sp³-hybridized carbons (Fsp3) is 0.625. The maximum atomic E-state index is 12.4. The lowest BCUT2D eigenvalue weighted by molar-refractivity contribution is -0.141. The molecule has 3 nitrogen and oxygen atoms in total. The largest absolute Gasteiger partial charge is 0.435 e. The van der Waals surface area contributed by atoms with Crippen molar-refractivity contribution < 1.29 is 13.2 Å². The molecule has 0 aliphatic heterocycles.